The highest BCUT2D eigenvalue weighted by atomic mass is 16.5. The van der Waals surface area contributed by atoms with Crippen molar-refractivity contribution in [3.63, 3.8) is 0 Å². The molecule has 0 saturated carbocycles. The number of aliphatic carboxylic acids is 1. The van der Waals surface area contributed by atoms with E-state index in [1.165, 1.54) is 12.1 Å². The smallest absolute Gasteiger partial charge is 0.334 e. The summed E-state index contributed by atoms with van der Waals surface area (Å²) >= 11 is 0. The van der Waals surface area contributed by atoms with E-state index >= 15 is 0 Å². The topological polar surface area (TPSA) is 161 Å². The van der Waals surface area contributed by atoms with Crippen LogP contribution in [0.25, 0.3) is 10.9 Å². The summed E-state index contributed by atoms with van der Waals surface area (Å²) < 4.78 is 5.85. The average Bonchev–Trinajstić information content (AvgIpc) is 3.38. The number of nitrogens with one attached hydrogen (secondary N) is 3. The lowest BCUT2D eigenvalue weighted by Crippen LogP contribution is -2.50. The van der Waals surface area contributed by atoms with Crippen molar-refractivity contribution in [2.75, 3.05) is 19.7 Å². The molecule has 10 nitrogen and oxygen atoms in total. The third-order valence-corrected chi connectivity index (χ3v) is 7.90. The number of pyridine rings is 1. The van der Waals surface area contributed by atoms with Crippen LogP contribution in [0, 0.1) is 0 Å². The minimum Gasteiger partial charge on any atom is -0.506 e. The van der Waals surface area contributed by atoms with Crippen LogP contribution in [0.5, 0.6) is 11.5 Å². The molecule has 6 N–H and O–H groups in total. The van der Waals surface area contributed by atoms with E-state index in [1.807, 2.05) is 12.1 Å². The molecule has 1 amide bonds. The molecule has 1 aliphatic rings. The number of fused-ring (bicyclic) bond motifs is 2. The van der Waals surface area contributed by atoms with Crippen LogP contribution in [0.3, 0.4) is 0 Å². The van der Waals surface area contributed by atoms with Crippen LogP contribution in [-0.4, -0.2) is 51.9 Å². The van der Waals surface area contributed by atoms with Crippen LogP contribution in [0.15, 0.2) is 77.6 Å². The standard InChI is InChI=1S/C33H35N3O7/c37-27-13-11-24(25-12-14-29(39)35-30(25)27)28(38)20-34-17-4-1-5-18-43-23-9-6-8-22(19-23)31(40)36-33(32(41)42)16-15-21-7-2-3-10-26(21)33/h2-3,6-14,19,28,34,37-38H,1,4-5,15-18,20H2,(H,35,39)(H,36,40)(H,41,42). The summed E-state index contributed by atoms with van der Waals surface area (Å²) in [5.41, 5.74) is 1.03. The molecule has 0 bridgehead atoms. The first-order valence-electron chi connectivity index (χ1n) is 14.4. The fourth-order valence-electron chi connectivity index (χ4n) is 5.63. The van der Waals surface area contributed by atoms with Crippen molar-refractivity contribution in [2.45, 2.75) is 43.7 Å². The number of carbonyl (C=O) groups is 2. The number of aliphatic hydroxyl groups excluding tert-OH is 1. The van der Waals surface area contributed by atoms with E-state index in [2.05, 4.69) is 15.6 Å². The zero-order valence-corrected chi connectivity index (χ0v) is 23.6. The van der Waals surface area contributed by atoms with E-state index in [1.54, 1.807) is 48.5 Å². The van der Waals surface area contributed by atoms with Crippen molar-refractivity contribution in [3.05, 3.63) is 105 Å². The van der Waals surface area contributed by atoms with Gasteiger partial charge in [0.25, 0.3) is 5.91 Å². The summed E-state index contributed by atoms with van der Waals surface area (Å²) in [6.07, 6.45) is 2.60. The second-order valence-electron chi connectivity index (χ2n) is 10.8. The molecule has 0 aliphatic heterocycles. The van der Waals surface area contributed by atoms with Crippen LogP contribution in [0.2, 0.25) is 0 Å². The molecule has 0 spiro atoms. The van der Waals surface area contributed by atoms with E-state index in [0.717, 1.165) is 24.8 Å². The number of aryl methyl sites for hydroxylation is 1. The van der Waals surface area contributed by atoms with Gasteiger partial charge in [0.1, 0.15) is 11.5 Å². The van der Waals surface area contributed by atoms with Crippen molar-refractivity contribution in [1.29, 1.82) is 0 Å². The number of phenolic OH excluding ortho intramolecular Hbond substituents is 1. The number of aromatic amines is 1. The summed E-state index contributed by atoms with van der Waals surface area (Å²) in [5, 5.41) is 37.3. The number of carboxylic acids is 1. The van der Waals surface area contributed by atoms with Gasteiger partial charge in [0, 0.05) is 23.6 Å². The molecule has 2 atom stereocenters. The first-order valence-corrected chi connectivity index (χ1v) is 14.4. The average molecular weight is 586 g/mol. The lowest BCUT2D eigenvalue weighted by molar-refractivity contribution is -0.144. The number of aliphatic hydroxyl groups is 1. The maximum atomic E-state index is 13.1. The lowest BCUT2D eigenvalue weighted by Gasteiger charge is -2.27. The summed E-state index contributed by atoms with van der Waals surface area (Å²) in [4.78, 5) is 39.6. The second-order valence-corrected chi connectivity index (χ2v) is 10.8. The number of H-pyrrole nitrogens is 1. The summed E-state index contributed by atoms with van der Waals surface area (Å²) in [7, 11) is 0. The minimum absolute atomic E-state index is 0.0457. The van der Waals surface area contributed by atoms with Gasteiger partial charge < -0.3 is 35.7 Å². The molecule has 43 heavy (non-hydrogen) atoms. The molecule has 0 fully saturated rings. The highest BCUT2D eigenvalue weighted by Crippen LogP contribution is 2.37. The van der Waals surface area contributed by atoms with Crippen molar-refractivity contribution < 1.29 is 29.6 Å². The Bertz CT molecular complexity index is 1680. The van der Waals surface area contributed by atoms with Gasteiger partial charge in [-0.05, 0) is 85.7 Å². The van der Waals surface area contributed by atoms with E-state index < -0.39 is 23.5 Å². The molecular formula is C33H35N3O7. The zero-order chi connectivity index (χ0) is 30.4. The third-order valence-electron chi connectivity index (χ3n) is 7.90. The molecule has 1 heterocycles. The molecule has 0 radical (unpaired) electrons. The molecule has 3 aromatic carbocycles. The van der Waals surface area contributed by atoms with Crippen LogP contribution < -0.4 is 20.9 Å². The van der Waals surface area contributed by atoms with Gasteiger partial charge in [-0.1, -0.05) is 36.4 Å². The molecule has 2 unspecified atom stereocenters. The van der Waals surface area contributed by atoms with E-state index in [4.69, 9.17) is 4.74 Å². The largest absolute Gasteiger partial charge is 0.506 e. The number of rotatable bonds is 13. The fraction of sp³-hybridized carbons (Fsp3) is 0.303. The zero-order valence-electron chi connectivity index (χ0n) is 23.6. The molecule has 1 aromatic heterocycles. The predicted molar refractivity (Wildman–Crippen MR) is 161 cm³/mol. The maximum Gasteiger partial charge on any atom is 0.334 e. The van der Waals surface area contributed by atoms with E-state index in [0.29, 0.717) is 65.9 Å². The number of hydrogen-bond donors (Lipinski definition) is 6. The Labute approximate surface area is 248 Å². The highest BCUT2D eigenvalue weighted by molar-refractivity contribution is 5.99. The van der Waals surface area contributed by atoms with Gasteiger partial charge in [-0.3, -0.25) is 9.59 Å². The number of phenols is 1. The van der Waals surface area contributed by atoms with Gasteiger partial charge in [-0.2, -0.15) is 0 Å². The SMILES string of the molecule is O=C(NC1(C(=O)O)CCc2ccccc21)c1cccc(OCCCCCNCC(O)c2ccc(O)c3[nH]c(=O)ccc23)c1. The normalized spacial score (nSPS) is 16.5. The number of amides is 1. The fourth-order valence-corrected chi connectivity index (χ4v) is 5.63. The van der Waals surface area contributed by atoms with Gasteiger partial charge in [-0.15, -0.1) is 0 Å². The van der Waals surface area contributed by atoms with Crippen molar-refractivity contribution >= 4 is 22.8 Å². The molecule has 0 saturated heterocycles. The number of aromatic nitrogens is 1. The monoisotopic (exact) mass is 585 g/mol. The minimum atomic E-state index is -1.45. The van der Waals surface area contributed by atoms with Crippen LogP contribution >= 0.6 is 0 Å². The highest BCUT2D eigenvalue weighted by Gasteiger charge is 2.46. The number of benzene rings is 3. The molecule has 4 aromatic rings. The van der Waals surface area contributed by atoms with Gasteiger partial charge in [-0.25, -0.2) is 4.79 Å². The number of carboxylic acid groups (broad SMARTS) is 1. The van der Waals surface area contributed by atoms with Crippen molar-refractivity contribution in [3.8, 4) is 11.5 Å². The van der Waals surface area contributed by atoms with Crippen LogP contribution in [0.4, 0.5) is 0 Å². The summed E-state index contributed by atoms with van der Waals surface area (Å²) in [6.45, 7) is 1.46. The Morgan fingerprint density at radius 1 is 1.00 bits per heavy atom. The molecule has 224 valence electrons. The molecular weight excluding hydrogens is 550 g/mol. The quantitative estimate of drug-likeness (QED) is 0.129. The Balaban J connectivity index is 1.05. The second kappa shape index (κ2) is 13.1. The van der Waals surface area contributed by atoms with E-state index in [9.17, 15) is 29.7 Å². The number of carbonyl (C=O) groups excluding carboxylic acids is 1. The first kappa shape index (κ1) is 29.8. The number of unbranched alkanes of at least 4 members (excludes halogenated alkanes) is 2. The molecule has 5 rings (SSSR count). The Kier molecular flexibility index (Phi) is 9.08. The Morgan fingerprint density at radius 2 is 1.84 bits per heavy atom. The number of hydrogen-bond acceptors (Lipinski definition) is 7. The van der Waals surface area contributed by atoms with Gasteiger partial charge in [0.15, 0.2) is 5.54 Å². The number of aromatic hydroxyl groups is 1. The first-order chi connectivity index (χ1) is 20.8. The Hall–Kier alpha value is -4.67. The van der Waals surface area contributed by atoms with Crippen molar-refractivity contribution in [1.82, 2.24) is 15.6 Å². The third kappa shape index (κ3) is 6.55. The van der Waals surface area contributed by atoms with Crippen molar-refractivity contribution in [2.24, 2.45) is 0 Å². The summed E-state index contributed by atoms with van der Waals surface area (Å²) in [6, 6.07) is 20.1. The summed E-state index contributed by atoms with van der Waals surface area (Å²) in [5.74, 6) is -1.05. The Morgan fingerprint density at radius 3 is 2.67 bits per heavy atom. The molecule has 1 aliphatic carbocycles. The lowest BCUT2D eigenvalue weighted by atomic mass is 9.91. The predicted octanol–water partition coefficient (Wildman–Crippen LogP) is 3.76. The maximum absolute atomic E-state index is 13.1. The van der Waals surface area contributed by atoms with Gasteiger partial charge in [0.05, 0.1) is 18.2 Å². The number of ether oxygens (including phenoxy) is 1. The van der Waals surface area contributed by atoms with Gasteiger partial charge in [0.2, 0.25) is 5.56 Å². The van der Waals surface area contributed by atoms with Crippen LogP contribution in [0.1, 0.15) is 58.8 Å². The van der Waals surface area contributed by atoms with Crippen LogP contribution in [-0.2, 0) is 16.8 Å². The van der Waals surface area contributed by atoms with E-state index in [-0.39, 0.29) is 11.3 Å². The van der Waals surface area contributed by atoms with Gasteiger partial charge >= 0.3 is 5.97 Å². The molecule has 10 heteroatoms.